The van der Waals surface area contributed by atoms with Crippen molar-refractivity contribution >= 4 is 21.8 Å². The Bertz CT molecular complexity index is 167. The highest BCUT2D eigenvalue weighted by Crippen LogP contribution is 1.98. The molecule has 0 fully saturated rings. The minimum absolute atomic E-state index is 0.153. The molecule has 4 nitrogen and oxygen atoms in total. The summed E-state index contributed by atoms with van der Waals surface area (Å²) in [5.41, 5.74) is 5.04. The van der Waals surface area contributed by atoms with Crippen molar-refractivity contribution in [3.8, 4) is 0 Å². The van der Waals surface area contributed by atoms with Crippen molar-refractivity contribution in [1.82, 2.24) is 3.82 Å². The van der Waals surface area contributed by atoms with Gasteiger partial charge in [0, 0.05) is 13.1 Å². The lowest BCUT2D eigenvalue weighted by molar-refractivity contribution is 0.545. The zero-order valence-electron chi connectivity index (χ0n) is 5.04. The van der Waals surface area contributed by atoms with E-state index in [4.69, 9.17) is 17.5 Å². The van der Waals surface area contributed by atoms with Crippen LogP contribution in [0.5, 0.6) is 0 Å². The molecule has 0 aromatic heterocycles. The summed E-state index contributed by atoms with van der Waals surface area (Å²) in [5, 5.41) is 0. The van der Waals surface area contributed by atoms with E-state index in [1.807, 2.05) is 0 Å². The van der Waals surface area contributed by atoms with Gasteiger partial charge in [0.1, 0.15) is 0 Å². The van der Waals surface area contributed by atoms with Gasteiger partial charge in [-0.1, -0.05) is 0 Å². The van der Waals surface area contributed by atoms with Crippen molar-refractivity contribution in [2.24, 2.45) is 5.73 Å². The maximum Gasteiger partial charge on any atom is 0.224 e. The molecular weight excluding hydrogens is 164 g/mol. The van der Waals surface area contributed by atoms with E-state index < -0.39 is 10.0 Å². The maximum absolute atomic E-state index is 10.5. The van der Waals surface area contributed by atoms with E-state index >= 15 is 0 Å². The number of nitrogens with zero attached hydrogens (tertiary/aromatic N) is 1. The van der Waals surface area contributed by atoms with E-state index in [2.05, 4.69) is 0 Å². The smallest absolute Gasteiger partial charge is 0.224 e. The Labute approximate surface area is 59.7 Å². The average molecular weight is 173 g/mol. The molecule has 0 rings (SSSR count). The van der Waals surface area contributed by atoms with Gasteiger partial charge in [0.25, 0.3) is 0 Å². The number of halogens is 1. The summed E-state index contributed by atoms with van der Waals surface area (Å²) in [6.45, 7) is 0.386. The summed E-state index contributed by atoms with van der Waals surface area (Å²) >= 11 is 5.22. The van der Waals surface area contributed by atoms with Gasteiger partial charge in [0.15, 0.2) is 0 Å². The molecular formula is C3H9ClN2O2S. The predicted molar refractivity (Wildman–Crippen MR) is 36.5 cm³/mol. The van der Waals surface area contributed by atoms with Crippen LogP contribution in [-0.4, -0.2) is 31.6 Å². The highest BCUT2D eigenvalue weighted by Gasteiger charge is 2.10. The van der Waals surface area contributed by atoms with Crippen LogP contribution in [0.25, 0.3) is 0 Å². The molecule has 56 valence electrons. The van der Waals surface area contributed by atoms with E-state index in [1.165, 1.54) is 0 Å². The topological polar surface area (TPSA) is 63.4 Å². The van der Waals surface area contributed by atoms with Gasteiger partial charge in [-0.2, -0.15) is 0 Å². The largest absolute Gasteiger partial charge is 0.329 e. The molecule has 0 aliphatic heterocycles. The second kappa shape index (κ2) is 3.36. The average Bonchev–Trinajstić information content (AvgIpc) is 1.64. The summed E-state index contributed by atoms with van der Waals surface area (Å²) in [6, 6.07) is 0. The number of sulfonamides is 1. The Morgan fingerprint density at radius 1 is 1.67 bits per heavy atom. The van der Waals surface area contributed by atoms with Crippen LogP contribution in [0.2, 0.25) is 0 Å². The van der Waals surface area contributed by atoms with Gasteiger partial charge in [-0.3, -0.25) is 0 Å². The molecule has 0 aliphatic carbocycles. The Kier molecular flexibility index (Phi) is 3.42. The van der Waals surface area contributed by atoms with Crippen molar-refractivity contribution in [2.45, 2.75) is 0 Å². The SMILES string of the molecule is CS(=O)(=O)N(Cl)CCN. The Morgan fingerprint density at radius 2 is 2.11 bits per heavy atom. The van der Waals surface area contributed by atoms with Crippen LogP contribution in [0, 0.1) is 0 Å². The molecule has 0 radical (unpaired) electrons. The molecule has 0 spiro atoms. The van der Waals surface area contributed by atoms with Crippen molar-refractivity contribution in [3.63, 3.8) is 0 Å². The second-order valence-electron chi connectivity index (χ2n) is 1.56. The summed E-state index contributed by atoms with van der Waals surface area (Å²) in [4.78, 5) is 0. The zero-order valence-corrected chi connectivity index (χ0v) is 6.61. The Morgan fingerprint density at radius 3 is 2.22 bits per heavy atom. The normalized spacial score (nSPS) is 12.4. The molecule has 0 saturated heterocycles. The molecule has 0 unspecified atom stereocenters. The quantitative estimate of drug-likeness (QED) is 0.576. The van der Waals surface area contributed by atoms with Crippen LogP contribution < -0.4 is 5.73 Å². The van der Waals surface area contributed by atoms with Gasteiger partial charge in [-0.25, -0.2) is 8.42 Å². The van der Waals surface area contributed by atoms with Crippen molar-refractivity contribution in [1.29, 1.82) is 0 Å². The summed E-state index contributed by atoms with van der Waals surface area (Å²) in [5.74, 6) is 0. The molecule has 2 N–H and O–H groups in total. The van der Waals surface area contributed by atoms with E-state index in [0.717, 1.165) is 6.26 Å². The van der Waals surface area contributed by atoms with Crippen LogP contribution >= 0.6 is 11.8 Å². The first kappa shape index (κ1) is 9.16. The lowest BCUT2D eigenvalue weighted by Gasteiger charge is -2.07. The summed E-state index contributed by atoms with van der Waals surface area (Å²) in [6.07, 6.45) is 1.02. The van der Waals surface area contributed by atoms with Gasteiger partial charge < -0.3 is 5.73 Å². The highest BCUT2D eigenvalue weighted by molar-refractivity contribution is 7.89. The zero-order chi connectivity index (χ0) is 7.49. The Hall–Kier alpha value is 0.160. The first-order chi connectivity index (χ1) is 3.98. The van der Waals surface area contributed by atoms with E-state index in [0.29, 0.717) is 3.82 Å². The van der Waals surface area contributed by atoms with Crippen molar-refractivity contribution < 1.29 is 8.42 Å². The number of hydrogen-bond acceptors (Lipinski definition) is 3. The lowest BCUT2D eigenvalue weighted by atomic mass is 10.7. The molecule has 0 aromatic rings. The first-order valence-corrected chi connectivity index (χ1v) is 4.50. The summed E-state index contributed by atoms with van der Waals surface area (Å²) in [7, 11) is -3.25. The molecule has 9 heavy (non-hydrogen) atoms. The predicted octanol–water partition coefficient (Wildman–Crippen LogP) is -0.639. The highest BCUT2D eigenvalue weighted by atomic mass is 35.5. The fourth-order valence-corrected chi connectivity index (χ4v) is 0.802. The second-order valence-corrected chi connectivity index (χ2v) is 4.08. The van der Waals surface area contributed by atoms with Crippen LogP contribution in [-0.2, 0) is 10.0 Å². The fraction of sp³-hybridized carbons (Fsp3) is 1.00. The van der Waals surface area contributed by atoms with Gasteiger partial charge in [0.05, 0.1) is 6.26 Å². The lowest BCUT2D eigenvalue weighted by Crippen LogP contribution is -2.26. The molecule has 0 atom stereocenters. The van der Waals surface area contributed by atoms with Crippen LogP contribution in [0.15, 0.2) is 0 Å². The third kappa shape index (κ3) is 3.69. The third-order valence-corrected chi connectivity index (χ3v) is 2.49. The van der Waals surface area contributed by atoms with E-state index in [1.54, 1.807) is 0 Å². The van der Waals surface area contributed by atoms with Gasteiger partial charge in [-0.05, 0) is 11.8 Å². The minimum Gasteiger partial charge on any atom is -0.329 e. The van der Waals surface area contributed by atoms with Crippen LogP contribution in [0.1, 0.15) is 0 Å². The number of hydrogen-bond donors (Lipinski definition) is 1. The summed E-state index contributed by atoms with van der Waals surface area (Å²) < 4.78 is 21.6. The molecule has 0 heterocycles. The molecule has 0 aromatic carbocycles. The van der Waals surface area contributed by atoms with E-state index in [9.17, 15) is 8.42 Å². The fourth-order valence-electron chi connectivity index (χ4n) is 0.267. The van der Waals surface area contributed by atoms with E-state index in [-0.39, 0.29) is 13.1 Å². The van der Waals surface area contributed by atoms with Crippen LogP contribution in [0.4, 0.5) is 0 Å². The molecule has 0 saturated carbocycles. The standard InChI is InChI=1S/C3H9ClN2O2S/c1-9(7,8)6(4)3-2-5/h2-3,5H2,1H3. The molecule has 0 bridgehead atoms. The Balaban J connectivity index is 3.90. The third-order valence-electron chi connectivity index (χ3n) is 0.665. The van der Waals surface area contributed by atoms with Gasteiger partial charge in [-0.15, -0.1) is 3.82 Å². The number of nitrogens with two attached hydrogens (primary N) is 1. The van der Waals surface area contributed by atoms with Crippen molar-refractivity contribution in [3.05, 3.63) is 0 Å². The first-order valence-electron chi connectivity index (χ1n) is 2.32. The molecule has 0 amide bonds. The molecule has 6 heteroatoms. The monoisotopic (exact) mass is 172 g/mol. The van der Waals surface area contributed by atoms with Gasteiger partial charge >= 0.3 is 0 Å². The van der Waals surface area contributed by atoms with Crippen molar-refractivity contribution in [2.75, 3.05) is 19.3 Å². The van der Waals surface area contributed by atoms with Gasteiger partial charge in [0.2, 0.25) is 10.0 Å². The number of rotatable bonds is 3. The molecule has 0 aliphatic rings. The van der Waals surface area contributed by atoms with Crippen LogP contribution in [0.3, 0.4) is 0 Å². The maximum atomic E-state index is 10.5. The minimum atomic E-state index is -3.25.